The highest BCUT2D eigenvalue weighted by Gasteiger charge is 2.28. The maximum Gasteiger partial charge on any atom is 0.354 e. The van der Waals surface area contributed by atoms with E-state index < -0.39 is 39.4 Å². The lowest BCUT2D eigenvalue weighted by molar-refractivity contribution is 0.0748. The molecule has 240 valence electrons. The van der Waals surface area contributed by atoms with Crippen LogP contribution in [0, 0.1) is 10.8 Å². The number of hydrogen-bond acceptors (Lipinski definition) is 10. The second kappa shape index (κ2) is 14.3. The summed E-state index contributed by atoms with van der Waals surface area (Å²) in [6.07, 6.45) is 1.37. The Morgan fingerprint density at radius 2 is 1.62 bits per heavy atom. The number of carbonyl (C=O) groups excluding carboxylic acids is 3. The summed E-state index contributed by atoms with van der Waals surface area (Å²) < 4.78 is 34.1. The number of ether oxygens (including phenoxy) is 1. The standard InChI is InChI=1S/C31H37N5O8S/c1-6-15-43-25-14-13-22(26(36-25)29(39)34-20-10-7-18(8-11-20)27(32)33)21-12-9-19(16-23(21)30(40)44-45(5,41)42)28(38)35-24(17-37)31(2,3)4/h7-14,16,24,37H,6,15,17H2,1-5H3,(H3,32,33)(H,34,39)(H,35,38)/t24-/m1/s1. The van der Waals surface area contributed by atoms with E-state index in [1.165, 1.54) is 24.3 Å². The van der Waals surface area contributed by atoms with Gasteiger partial charge in [-0.15, -0.1) is 0 Å². The van der Waals surface area contributed by atoms with Crippen LogP contribution in [-0.2, 0) is 14.3 Å². The summed E-state index contributed by atoms with van der Waals surface area (Å²) in [5, 5.41) is 22.8. The number of carbonyl (C=O) groups is 3. The highest BCUT2D eigenvalue weighted by molar-refractivity contribution is 7.86. The van der Waals surface area contributed by atoms with Crippen LogP contribution in [0.25, 0.3) is 11.1 Å². The van der Waals surface area contributed by atoms with E-state index in [9.17, 15) is 27.9 Å². The number of nitrogens with one attached hydrogen (secondary N) is 3. The molecule has 0 aliphatic carbocycles. The van der Waals surface area contributed by atoms with Gasteiger partial charge in [-0.25, -0.2) is 9.78 Å². The molecule has 1 aromatic heterocycles. The molecule has 6 N–H and O–H groups in total. The van der Waals surface area contributed by atoms with Crippen LogP contribution in [0.1, 0.15) is 70.9 Å². The van der Waals surface area contributed by atoms with Crippen molar-refractivity contribution in [1.82, 2.24) is 10.3 Å². The molecule has 1 heterocycles. The number of amides is 2. The fraction of sp³-hybridized carbons (Fsp3) is 0.323. The Morgan fingerprint density at radius 1 is 1.00 bits per heavy atom. The smallest absolute Gasteiger partial charge is 0.354 e. The van der Waals surface area contributed by atoms with Gasteiger partial charge in [-0.1, -0.05) is 33.8 Å². The molecule has 14 heteroatoms. The molecule has 3 aromatic rings. The van der Waals surface area contributed by atoms with E-state index in [1.807, 2.05) is 27.7 Å². The first-order valence-electron chi connectivity index (χ1n) is 13.9. The molecule has 45 heavy (non-hydrogen) atoms. The zero-order valence-electron chi connectivity index (χ0n) is 25.6. The largest absolute Gasteiger partial charge is 0.478 e. The molecule has 0 spiro atoms. The molecular formula is C31H37N5O8S. The van der Waals surface area contributed by atoms with Gasteiger partial charge >= 0.3 is 16.1 Å². The minimum atomic E-state index is -4.26. The first-order chi connectivity index (χ1) is 21.0. The molecule has 2 aromatic carbocycles. The molecule has 0 aliphatic rings. The van der Waals surface area contributed by atoms with E-state index in [0.29, 0.717) is 30.5 Å². The Hall–Kier alpha value is -4.82. The summed E-state index contributed by atoms with van der Waals surface area (Å²) >= 11 is 0. The molecule has 0 bridgehead atoms. The number of nitrogens with zero attached hydrogens (tertiary/aromatic N) is 1. The van der Waals surface area contributed by atoms with E-state index in [1.54, 1.807) is 24.3 Å². The van der Waals surface area contributed by atoms with Gasteiger partial charge in [-0.2, -0.15) is 8.42 Å². The summed E-state index contributed by atoms with van der Waals surface area (Å²) in [5.41, 5.74) is 5.49. The predicted molar refractivity (Wildman–Crippen MR) is 169 cm³/mol. The Morgan fingerprint density at radius 3 is 2.18 bits per heavy atom. The topological polar surface area (TPSA) is 211 Å². The molecule has 0 fully saturated rings. The maximum atomic E-state index is 13.6. The van der Waals surface area contributed by atoms with Crippen LogP contribution in [0.4, 0.5) is 5.69 Å². The van der Waals surface area contributed by atoms with Crippen molar-refractivity contribution in [2.24, 2.45) is 11.1 Å². The lowest BCUT2D eigenvalue weighted by Gasteiger charge is -2.29. The summed E-state index contributed by atoms with van der Waals surface area (Å²) in [6.45, 7) is 7.36. The van der Waals surface area contributed by atoms with Gasteiger partial charge in [0.2, 0.25) is 5.88 Å². The Bertz CT molecular complexity index is 1700. The predicted octanol–water partition coefficient (Wildman–Crippen LogP) is 3.33. The number of aromatic nitrogens is 1. The van der Waals surface area contributed by atoms with Crippen molar-refractivity contribution in [1.29, 1.82) is 5.41 Å². The minimum absolute atomic E-state index is 0.0191. The highest BCUT2D eigenvalue weighted by Crippen LogP contribution is 2.31. The third kappa shape index (κ3) is 9.33. The molecule has 3 rings (SSSR count). The monoisotopic (exact) mass is 639 g/mol. The van der Waals surface area contributed by atoms with Crippen LogP contribution in [0.15, 0.2) is 54.6 Å². The van der Waals surface area contributed by atoms with Gasteiger partial charge in [0.1, 0.15) is 11.5 Å². The third-order valence-corrected chi connectivity index (χ3v) is 7.00. The van der Waals surface area contributed by atoms with Crippen molar-refractivity contribution in [2.75, 3.05) is 24.8 Å². The van der Waals surface area contributed by atoms with Gasteiger partial charge in [-0.3, -0.25) is 15.0 Å². The number of rotatable bonds is 12. The average Bonchev–Trinajstić information content (AvgIpc) is 2.97. The molecule has 0 saturated carbocycles. The lowest BCUT2D eigenvalue weighted by Crippen LogP contribution is -2.46. The highest BCUT2D eigenvalue weighted by atomic mass is 32.2. The molecule has 1 atom stereocenters. The Kier molecular flexibility index (Phi) is 11.0. The number of hydrogen-bond donors (Lipinski definition) is 5. The SMILES string of the molecule is CCCOc1ccc(-c2ccc(C(=O)N[C@H](CO)C(C)(C)C)cc2C(=O)OS(C)(=O)=O)c(C(=O)Nc2ccc(C(=N)N)cc2)n1. The molecule has 0 aliphatic heterocycles. The molecular weight excluding hydrogens is 602 g/mol. The Balaban J connectivity index is 2.15. The molecule has 0 saturated heterocycles. The van der Waals surface area contributed by atoms with Gasteiger partial charge in [0.05, 0.1) is 31.1 Å². The van der Waals surface area contributed by atoms with Crippen LogP contribution in [0.5, 0.6) is 5.88 Å². The minimum Gasteiger partial charge on any atom is -0.478 e. The van der Waals surface area contributed by atoms with E-state index in [-0.39, 0.29) is 46.3 Å². The normalized spacial score (nSPS) is 12.1. The van der Waals surface area contributed by atoms with Crippen LogP contribution >= 0.6 is 0 Å². The summed E-state index contributed by atoms with van der Waals surface area (Å²) in [6, 6.07) is 12.5. The number of aliphatic hydroxyl groups is 1. The summed E-state index contributed by atoms with van der Waals surface area (Å²) in [4.78, 5) is 44.3. The van der Waals surface area contributed by atoms with Crippen LogP contribution in [0.3, 0.4) is 0 Å². The van der Waals surface area contributed by atoms with Crippen molar-refractivity contribution < 1.29 is 36.8 Å². The van der Waals surface area contributed by atoms with E-state index in [2.05, 4.69) is 19.8 Å². The van der Waals surface area contributed by atoms with Gasteiger partial charge in [0.15, 0.2) is 0 Å². The summed E-state index contributed by atoms with van der Waals surface area (Å²) in [7, 11) is -4.26. The fourth-order valence-electron chi connectivity index (χ4n) is 4.09. The molecule has 2 amide bonds. The third-order valence-electron chi connectivity index (χ3n) is 6.54. The van der Waals surface area contributed by atoms with E-state index in [4.69, 9.17) is 15.9 Å². The number of nitrogen functional groups attached to an aromatic ring is 1. The number of pyridine rings is 1. The van der Waals surface area contributed by atoms with E-state index in [0.717, 1.165) is 6.07 Å². The van der Waals surface area contributed by atoms with Gasteiger partial charge in [-0.05, 0) is 59.9 Å². The fourth-order valence-corrected chi connectivity index (χ4v) is 4.46. The first kappa shape index (κ1) is 34.7. The Labute approximate surface area is 261 Å². The van der Waals surface area contributed by atoms with Crippen molar-refractivity contribution in [3.8, 4) is 17.0 Å². The van der Waals surface area contributed by atoms with Crippen LogP contribution in [0.2, 0.25) is 0 Å². The number of anilines is 1. The lowest BCUT2D eigenvalue weighted by atomic mass is 9.87. The van der Waals surface area contributed by atoms with Gasteiger partial charge in [0, 0.05) is 28.4 Å². The molecule has 13 nitrogen and oxygen atoms in total. The van der Waals surface area contributed by atoms with Gasteiger partial charge in [0.25, 0.3) is 11.8 Å². The van der Waals surface area contributed by atoms with Gasteiger partial charge < -0.3 is 30.4 Å². The van der Waals surface area contributed by atoms with Crippen molar-refractivity contribution in [2.45, 2.75) is 40.2 Å². The van der Waals surface area contributed by atoms with Crippen LogP contribution in [-0.4, -0.2) is 67.6 Å². The van der Waals surface area contributed by atoms with Crippen molar-refractivity contribution in [3.63, 3.8) is 0 Å². The average molecular weight is 640 g/mol. The first-order valence-corrected chi connectivity index (χ1v) is 15.7. The van der Waals surface area contributed by atoms with E-state index >= 15 is 0 Å². The van der Waals surface area contributed by atoms with Crippen molar-refractivity contribution >= 4 is 39.4 Å². The summed E-state index contributed by atoms with van der Waals surface area (Å²) in [5.74, 6) is -2.62. The zero-order valence-corrected chi connectivity index (χ0v) is 26.4. The number of nitrogens with two attached hydrogens (primary N) is 1. The maximum absolute atomic E-state index is 13.6. The molecule has 0 radical (unpaired) electrons. The van der Waals surface area contributed by atoms with Crippen LogP contribution < -0.4 is 21.1 Å². The zero-order chi connectivity index (χ0) is 33.5. The second-order valence-corrected chi connectivity index (χ2v) is 12.8. The number of aliphatic hydroxyl groups excluding tert-OH is 1. The van der Waals surface area contributed by atoms with Crippen molar-refractivity contribution in [3.05, 3.63) is 77.0 Å². The second-order valence-electron chi connectivity index (χ2n) is 11.2. The quantitative estimate of drug-likeness (QED) is 0.111. The number of amidine groups is 1. The molecule has 0 unspecified atom stereocenters. The number of benzene rings is 2.